The molecule has 0 aliphatic carbocycles. The number of anilines is 1. The number of hydrogen-bond donors (Lipinski definition) is 1. The third-order valence-corrected chi connectivity index (χ3v) is 7.18. The molecule has 6 heteroatoms. The number of carbonyl (C=O) groups excluding carboxylic acids is 2. The minimum atomic E-state index is -0.00504. The van der Waals surface area contributed by atoms with Crippen LogP contribution in [0.5, 0.6) is 0 Å². The molecule has 1 fully saturated rings. The van der Waals surface area contributed by atoms with Crippen LogP contribution in [0.15, 0.2) is 72.1 Å². The number of thiophene rings is 1. The molecule has 0 saturated carbocycles. The van der Waals surface area contributed by atoms with Crippen LogP contribution in [-0.2, 0) is 6.54 Å². The summed E-state index contributed by atoms with van der Waals surface area (Å²) >= 11 is 1.46. The van der Waals surface area contributed by atoms with Gasteiger partial charge in [-0.25, -0.2) is 0 Å². The van der Waals surface area contributed by atoms with Crippen LogP contribution in [0.4, 0.5) is 5.69 Å². The zero-order valence-electron chi connectivity index (χ0n) is 17.2. The van der Waals surface area contributed by atoms with Gasteiger partial charge in [-0.3, -0.25) is 14.5 Å². The Balaban J connectivity index is 1.37. The molecule has 2 amide bonds. The van der Waals surface area contributed by atoms with Crippen LogP contribution in [-0.4, -0.2) is 41.9 Å². The summed E-state index contributed by atoms with van der Waals surface area (Å²) in [6.45, 7) is 2.08. The third kappa shape index (κ3) is 4.01. The Bertz CT molecular complexity index is 1070. The fourth-order valence-electron chi connectivity index (χ4n) is 4.74. The second kappa shape index (κ2) is 8.65. The van der Waals surface area contributed by atoms with Crippen LogP contribution >= 0.6 is 11.3 Å². The Labute approximate surface area is 186 Å². The lowest BCUT2D eigenvalue weighted by molar-refractivity contribution is 0.0938. The lowest BCUT2D eigenvalue weighted by atomic mass is 10.1. The monoisotopic (exact) mass is 431 g/mol. The largest absolute Gasteiger partial charge is 0.350 e. The first-order chi connectivity index (χ1) is 15.2. The number of para-hydroxylation sites is 1. The van der Waals surface area contributed by atoms with E-state index < -0.39 is 0 Å². The van der Waals surface area contributed by atoms with Gasteiger partial charge in [0, 0.05) is 43.0 Å². The summed E-state index contributed by atoms with van der Waals surface area (Å²) in [5.74, 6) is 0.0407. The number of nitrogens with one attached hydrogen (secondary N) is 1. The van der Waals surface area contributed by atoms with E-state index in [9.17, 15) is 9.59 Å². The van der Waals surface area contributed by atoms with Gasteiger partial charge in [-0.1, -0.05) is 42.5 Å². The molecule has 2 aliphatic heterocycles. The van der Waals surface area contributed by atoms with Crippen molar-refractivity contribution in [3.63, 3.8) is 0 Å². The minimum Gasteiger partial charge on any atom is -0.350 e. The Morgan fingerprint density at radius 3 is 2.58 bits per heavy atom. The molecule has 5 rings (SSSR count). The van der Waals surface area contributed by atoms with Gasteiger partial charge < -0.3 is 10.2 Å². The van der Waals surface area contributed by atoms with Gasteiger partial charge in [0.15, 0.2) is 0 Å². The van der Waals surface area contributed by atoms with Gasteiger partial charge in [0.2, 0.25) is 0 Å². The summed E-state index contributed by atoms with van der Waals surface area (Å²) in [7, 11) is 0. The fourth-order valence-corrected chi connectivity index (χ4v) is 5.38. The maximum atomic E-state index is 13.4. The molecule has 2 aliphatic rings. The summed E-state index contributed by atoms with van der Waals surface area (Å²) in [6, 6.07) is 22.0. The normalized spacial score (nSPS) is 20.6. The molecule has 2 atom stereocenters. The van der Waals surface area contributed by atoms with Crippen molar-refractivity contribution >= 4 is 28.8 Å². The maximum absolute atomic E-state index is 13.4. The van der Waals surface area contributed by atoms with Gasteiger partial charge in [0.1, 0.15) is 0 Å². The number of rotatable bonds is 4. The highest BCUT2D eigenvalue weighted by Crippen LogP contribution is 2.35. The first-order valence-electron chi connectivity index (χ1n) is 10.7. The van der Waals surface area contributed by atoms with Gasteiger partial charge in [0.25, 0.3) is 11.8 Å². The van der Waals surface area contributed by atoms with Crippen molar-refractivity contribution in [2.45, 2.75) is 31.5 Å². The van der Waals surface area contributed by atoms with E-state index in [1.165, 1.54) is 11.3 Å². The standard InChI is InChI=1S/C25H25N3O2S/c29-24(23-11-6-14-31-23)26-15-20-12-13-21-17-28(25(30)18-7-2-1-3-8-18)22-10-5-4-9-19(22)16-27(20)21/h1-11,14,20-21H,12-13,15-17H2,(H,26,29)/t20-,21+/m0/s1. The van der Waals surface area contributed by atoms with Crippen molar-refractivity contribution < 1.29 is 9.59 Å². The molecule has 0 radical (unpaired) electrons. The average Bonchev–Trinajstić information content (AvgIpc) is 3.44. The topological polar surface area (TPSA) is 52.7 Å². The molecule has 0 unspecified atom stereocenters. The zero-order chi connectivity index (χ0) is 21.2. The van der Waals surface area contributed by atoms with E-state index in [-0.39, 0.29) is 23.9 Å². The molecule has 1 saturated heterocycles. The number of hydrogen-bond acceptors (Lipinski definition) is 4. The van der Waals surface area contributed by atoms with Crippen molar-refractivity contribution in [2.24, 2.45) is 0 Å². The van der Waals surface area contributed by atoms with Crippen LogP contribution in [0.3, 0.4) is 0 Å². The van der Waals surface area contributed by atoms with Gasteiger partial charge in [-0.05, 0) is 48.1 Å². The maximum Gasteiger partial charge on any atom is 0.261 e. The van der Waals surface area contributed by atoms with Gasteiger partial charge in [-0.15, -0.1) is 11.3 Å². The lowest BCUT2D eigenvalue weighted by Crippen LogP contribution is -2.45. The Kier molecular flexibility index (Phi) is 5.57. The quantitative estimate of drug-likeness (QED) is 0.675. The van der Waals surface area contributed by atoms with Gasteiger partial charge >= 0.3 is 0 Å². The Hall–Kier alpha value is -2.96. The van der Waals surface area contributed by atoms with Crippen LogP contribution < -0.4 is 10.2 Å². The number of fused-ring (bicyclic) bond motifs is 2. The summed E-state index contributed by atoms with van der Waals surface area (Å²) in [5, 5.41) is 5.03. The number of nitrogens with zero attached hydrogens (tertiary/aromatic N) is 2. The number of carbonyl (C=O) groups is 2. The molecule has 0 spiro atoms. The second-order valence-electron chi connectivity index (χ2n) is 8.16. The molecular weight excluding hydrogens is 406 g/mol. The summed E-state index contributed by atoms with van der Waals surface area (Å²) in [4.78, 5) is 31.0. The van der Waals surface area contributed by atoms with Gasteiger partial charge in [-0.2, -0.15) is 0 Å². The molecule has 5 nitrogen and oxygen atoms in total. The molecular formula is C25H25N3O2S. The molecule has 158 valence electrons. The molecule has 1 aromatic heterocycles. The molecule has 0 bridgehead atoms. The van der Waals surface area contributed by atoms with E-state index in [0.29, 0.717) is 18.7 Å². The van der Waals surface area contributed by atoms with E-state index in [1.807, 2.05) is 70.9 Å². The summed E-state index contributed by atoms with van der Waals surface area (Å²) in [5.41, 5.74) is 2.86. The van der Waals surface area contributed by atoms with Crippen molar-refractivity contribution in [2.75, 3.05) is 18.0 Å². The van der Waals surface area contributed by atoms with Crippen LogP contribution in [0.2, 0.25) is 0 Å². The Morgan fingerprint density at radius 2 is 1.77 bits per heavy atom. The summed E-state index contributed by atoms with van der Waals surface area (Å²) in [6.07, 6.45) is 2.04. The van der Waals surface area contributed by atoms with Gasteiger partial charge in [0.05, 0.1) is 4.88 Å². The number of benzene rings is 2. The van der Waals surface area contributed by atoms with E-state index in [4.69, 9.17) is 0 Å². The van der Waals surface area contributed by atoms with Crippen LogP contribution in [0, 0.1) is 0 Å². The highest BCUT2D eigenvalue weighted by atomic mass is 32.1. The van der Waals surface area contributed by atoms with Crippen molar-refractivity contribution in [3.05, 3.63) is 88.1 Å². The predicted molar refractivity (Wildman–Crippen MR) is 124 cm³/mol. The first kappa shape index (κ1) is 20.0. The predicted octanol–water partition coefficient (Wildman–Crippen LogP) is 4.17. The molecule has 3 aromatic rings. The molecule has 1 N–H and O–H groups in total. The fraction of sp³-hybridized carbons (Fsp3) is 0.280. The lowest BCUT2D eigenvalue weighted by Gasteiger charge is -2.29. The minimum absolute atomic E-state index is 0.00504. The van der Waals surface area contributed by atoms with E-state index in [0.717, 1.165) is 35.5 Å². The first-order valence-corrected chi connectivity index (χ1v) is 11.6. The molecule has 31 heavy (non-hydrogen) atoms. The van der Waals surface area contributed by atoms with Crippen molar-refractivity contribution in [1.82, 2.24) is 10.2 Å². The zero-order valence-corrected chi connectivity index (χ0v) is 18.1. The van der Waals surface area contributed by atoms with Crippen LogP contribution in [0.1, 0.15) is 38.4 Å². The average molecular weight is 432 g/mol. The smallest absolute Gasteiger partial charge is 0.261 e. The third-order valence-electron chi connectivity index (χ3n) is 6.31. The van der Waals surface area contributed by atoms with E-state index in [1.54, 1.807) is 0 Å². The Morgan fingerprint density at radius 1 is 0.968 bits per heavy atom. The van der Waals surface area contributed by atoms with Crippen molar-refractivity contribution in [1.29, 1.82) is 0 Å². The van der Waals surface area contributed by atoms with Crippen LogP contribution in [0.25, 0.3) is 0 Å². The molecule has 2 aromatic carbocycles. The highest BCUT2D eigenvalue weighted by Gasteiger charge is 2.39. The number of amides is 2. The van der Waals surface area contributed by atoms with E-state index in [2.05, 4.69) is 16.3 Å². The second-order valence-corrected chi connectivity index (χ2v) is 9.10. The summed E-state index contributed by atoms with van der Waals surface area (Å²) < 4.78 is 0. The van der Waals surface area contributed by atoms with Crippen molar-refractivity contribution in [3.8, 4) is 0 Å². The molecule has 3 heterocycles. The SMILES string of the molecule is O=C(NC[C@@H]1CC[C@@H]2CN(C(=O)c3ccccc3)c3ccccc3CN21)c1cccs1. The van der Waals surface area contributed by atoms with E-state index >= 15 is 0 Å². The highest BCUT2D eigenvalue weighted by molar-refractivity contribution is 7.12.